The van der Waals surface area contributed by atoms with Crippen LogP contribution in [0.2, 0.25) is 20.1 Å². The number of rotatable bonds is 5. The van der Waals surface area contributed by atoms with Crippen molar-refractivity contribution in [1.29, 1.82) is 0 Å². The summed E-state index contributed by atoms with van der Waals surface area (Å²) in [5, 5.41) is 6.66. The molecule has 0 saturated heterocycles. The maximum Gasteiger partial charge on any atom is 0.345 e. The molecular weight excluding hydrogens is 422 g/mol. The van der Waals surface area contributed by atoms with Gasteiger partial charge in [0.1, 0.15) is 5.57 Å². The Hall–Kier alpha value is -1.92. The van der Waals surface area contributed by atoms with Crippen LogP contribution in [-0.2, 0) is 14.3 Å². The van der Waals surface area contributed by atoms with Crippen molar-refractivity contribution in [3.05, 3.63) is 68.3 Å². The highest BCUT2D eigenvalue weighted by Gasteiger charge is 2.19. The number of hydrogen-bond acceptors (Lipinski definition) is 4. The smallest absolute Gasteiger partial charge is 0.345 e. The van der Waals surface area contributed by atoms with E-state index in [0.29, 0.717) is 26.4 Å². The summed E-state index contributed by atoms with van der Waals surface area (Å²) in [4.78, 5) is 24.3. The first-order valence-corrected chi connectivity index (χ1v) is 8.59. The summed E-state index contributed by atoms with van der Waals surface area (Å²) in [5.74, 6) is -1.52. The third kappa shape index (κ3) is 5.29. The van der Waals surface area contributed by atoms with Crippen molar-refractivity contribution in [2.45, 2.75) is 0 Å². The van der Waals surface area contributed by atoms with E-state index in [9.17, 15) is 9.59 Å². The van der Waals surface area contributed by atoms with Crippen molar-refractivity contribution in [1.82, 2.24) is 0 Å². The number of carbonyl (C=O) groups excluding carboxylic acids is 2. The molecule has 5 nitrogen and oxygen atoms in total. The van der Waals surface area contributed by atoms with E-state index in [1.807, 2.05) is 0 Å². The Bertz CT molecular complexity index is 884. The van der Waals surface area contributed by atoms with Crippen LogP contribution in [0.15, 0.2) is 48.2 Å². The molecule has 2 aromatic rings. The van der Waals surface area contributed by atoms with Crippen molar-refractivity contribution in [3.63, 3.8) is 0 Å². The highest BCUT2D eigenvalue weighted by Crippen LogP contribution is 2.26. The second-order valence-corrected chi connectivity index (χ2v) is 6.53. The molecule has 0 saturated carbocycles. The highest BCUT2D eigenvalue weighted by atomic mass is 35.5. The van der Waals surface area contributed by atoms with Gasteiger partial charge in [-0.1, -0.05) is 46.4 Å². The number of ether oxygens (including phenoxy) is 1. The van der Waals surface area contributed by atoms with Crippen LogP contribution >= 0.6 is 46.4 Å². The fourth-order valence-electron chi connectivity index (χ4n) is 1.84. The average molecular weight is 434 g/mol. The van der Waals surface area contributed by atoms with Crippen molar-refractivity contribution in [3.8, 4) is 0 Å². The van der Waals surface area contributed by atoms with Crippen LogP contribution in [0.4, 0.5) is 11.4 Å². The molecule has 136 valence electrons. The van der Waals surface area contributed by atoms with Gasteiger partial charge in [-0.3, -0.25) is 4.79 Å². The first kappa shape index (κ1) is 20.4. The fraction of sp³-hybridized carbons (Fsp3) is 0.0588. The van der Waals surface area contributed by atoms with Gasteiger partial charge in [-0.15, -0.1) is 0 Å². The standard InChI is InChI=1S/C17H12Cl4N2O3/c1-26-17(25)11(8-22-9-2-4-12(18)14(20)6-9)16(24)23-10-3-5-13(19)15(21)7-10/h2-8,22H,1H3,(H,23,24)/b11-8-. The SMILES string of the molecule is COC(=O)/C(=C\Nc1ccc(Cl)c(Cl)c1)C(=O)Nc1ccc(Cl)c(Cl)c1. The number of nitrogens with one attached hydrogen (secondary N) is 2. The Morgan fingerprint density at radius 2 is 1.42 bits per heavy atom. The molecule has 0 radical (unpaired) electrons. The highest BCUT2D eigenvalue weighted by molar-refractivity contribution is 6.42. The fourth-order valence-corrected chi connectivity index (χ4v) is 2.44. The molecule has 2 N–H and O–H groups in total. The molecule has 0 aliphatic carbocycles. The zero-order chi connectivity index (χ0) is 19.3. The van der Waals surface area contributed by atoms with Gasteiger partial charge in [0, 0.05) is 17.6 Å². The molecule has 0 unspecified atom stereocenters. The first-order valence-electron chi connectivity index (χ1n) is 7.08. The predicted molar refractivity (Wildman–Crippen MR) is 105 cm³/mol. The van der Waals surface area contributed by atoms with Crippen molar-refractivity contribution < 1.29 is 14.3 Å². The van der Waals surface area contributed by atoms with E-state index in [0.717, 1.165) is 0 Å². The molecule has 0 aliphatic rings. The number of esters is 1. The first-order chi connectivity index (χ1) is 12.3. The zero-order valence-electron chi connectivity index (χ0n) is 13.3. The van der Waals surface area contributed by atoms with Gasteiger partial charge in [-0.25, -0.2) is 4.79 Å². The molecule has 0 bridgehead atoms. The largest absolute Gasteiger partial charge is 0.465 e. The second kappa shape index (κ2) is 9.14. The Labute approximate surface area is 169 Å². The average Bonchev–Trinajstić information content (AvgIpc) is 2.61. The van der Waals surface area contributed by atoms with E-state index in [1.165, 1.54) is 25.4 Å². The van der Waals surface area contributed by atoms with Crippen LogP contribution in [0, 0.1) is 0 Å². The van der Waals surface area contributed by atoms with Crippen LogP contribution in [0.1, 0.15) is 0 Å². The molecule has 0 heterocycles. The van der Waals surface area contributed by atoms with E-state index in [-0.39, 0.29) is 10.6 Å². The van der Waals surface area contributed by atoms with Gasteiger partial charge in [0.25, 0.3) is 5.91 Å². The van der Waals surface area contributed by atoms with Crippen LogP contribution in [-0.4, -0.2) is 19.0 Å². The van der Waals surface area contributed by atoms with Crippen LogP contribution < -0.4 is 10.6 Å². The summed E-state index contributed by atoms with van der Waals surface area (Å²) < 4.78 is 4.64. The van der Waals surface area contributed by atoms with Gasteiger partial charge < -0.3 is 15.4 Å². The monoisotopic (exact) mass is 432 g/mol. The molecule has 26 heavy (non-hydrogen) atoms. The molecule has 2 aromatic carbocycles. The lowest BCUT2D eigenvalue weighted by atomic mass is 10.2. The quantitative estimate of drug-likeness (QED) is 0.286. The van der Waals surface area contributed by atoms with Crippen LogP contribution in [0.3, 0.4) is 0 Å². The van der Waals surface area contributed by atoms with E-state index in [1.54, 1.807) is 24.3 Å². The molecule has 0 spiro atoms. The Kier molecular flexibility index (Phi) is 7.17. The third-order valence-corrected chi connectivity index (χ3v) is 4.61. The summed E-state index contributed by atoms with van der Waals surface area (Å²) in [5.41, 5.74) is 0.640. The number of amides is 1. The predicted octanol–water partition coefficient (Wildman–Crippen LogP) is 5.41. The van der Waals surface area contributed by atoms with Gasteiger partial charge in [-0.05, 0) is 36.4 Å². The Morgan fingerprint density at radius 3 is 1.96 bits per heavy atom. The molecule has 0 fully saturated rings. The Balaban J connectivity index is 2.22. The lowest BCUT2D eigenvalue weighted by Gasteiger charge is -2.09. The summed E-state index contributed by atoms with van der Waals surface area (Å²) in [7, 11) is 1.17. The number of anilines is 2. The lowest BCUT2D eigenvalue weighted by molar-refractivity contribution is -0.137. The number of benzene rings is 2. The summed E-state index contributed by atoms with van der Waals surface area (Å²) in [6.07, 6.45) is 1.21. The van der Waals surface area contributed by atoms with E-state index < -0.39 is 11.9 Å². The maximum absolute atomic E-state index is 12.4. The molecule has 0 aliphatic heterocycles. The molecule has 0 aromatic heterocycles. The van der Waals surface area contributed by atoms with E-state index in [2.05, 4.69) is 15.4 Å². The second-order valence-electron chi connectivity index (χ2n) is 4.91. The normalized spacial score (nSPS) is 11.0. The zero-order valence-corrected chi connectivity index (χ0v) is 16.3. The van der Waals surface area contributed by atoms with E-state index >= 15 is 0 Å². The number of hydrogen-bond donors (Lipinski definition) is 2. The van der Waals surface area contributed by atoms with E-state index in [4.69, 9.17) is 46.4 Å². The summed E-state index contributed by atoms with van der Waals surface area (Å²) >= 11 is 23.5. The molecular formula is C17H12Cl4N2O3. The summed E-state index contributed by atoms with van der Waals surface area (Å²) in [6.45, 7) is 0. The van der Waals surface area contributed by atoms with Crippen LogP contribution in [0.5, 0.6) is 0 Å². The minimum Gasteiger partial charge on any atom is -0.465 e. The number of methoxy groups -OCH3 is 1. The lowest BCUT2D eigenvalue weighted by Crippen LogP contribution is -2.22. The molecule has 1 amide bonds. The van der Waals surface area contributed by atoms with Gasteiger partial charge in [0.15, 0.2) is 0 Å². The van der Waals surface area contributed by atoms with Gasteiger partial charge in [0.05, 0.1) is 27.2 Å². The third-order valence-electron chi connectivity index (χ3n) is 3.13. The minimum absolute atomic E-state index is 0.260. The van der Waals surface area contributed by atoms with Crippen molar-refractivity contribution >= 4 is 69.7 Å². The summed E-state index contributed by atoms with van der Waals surface area (Å²) in [6, 6.07) is 9.29. The van der Waals surface area contributed by atoms with Crippen molar-refractivity contribution in [2.75, 3.05) is 17.7 Å². The molecule has 9 heteroatoms. The van der Waals surface area contributed by atoms with Crippen LogP contribution in [0.25, 0.3) is 0 Å². The van der Waals surface area contributed by atoms with Gasteiger partial charge >= 0.3 is 5.97 Å². The molecule has 0 atom stereocenters. The number of carbonyl (C=O) groups is 2. The topological polar surface area (TPSA) is 67.4 Å². The Morgan fingerprint density at radius 1 is 0.885 bits per heavy atom. The number of halogens is 4. The van der Waals surface area contributed by atoms with Crippen molar-refractivity contribution in [2.24, 2.45) is 0 Å². The van der Waals surface area contributed by atoms with Gasteiger partial charge in [0.2, 0.25) is 0 Å². The van der Waals surface area contributed by atoms with Gasteiger partial charge in [-0.2, -0.15) is 0 Å². The maximum atomic E-state index is 12.4. The minimum atomic E-state index is -0.824. The molecule has 2 rings (SSSR count).